The van der Waals surface area contributed by atoms with Gasteiger partial charge in [-0.25, -0.2) is 8.42 Å². The molecule has 8 heteroatoms. The summed E-state index contributed by atoms with van der Waals surface area (Å²) in [5.74, 6) is -0.344. The molecule has 1 N–H and O–H groups in total. The lowest BCUT2D eigenvalue weighted by Crippen LogP contribution is -2.48. The molecule has 7 nitrogen and oxygen atoms in total. The standard InChI is InChI=1S/C23H31N3O4S/c1-17-5-6-18(2)22(15-17)26(31(4,28)29)19(3)23(27)24-16-20-7-9-21(10-8-20)25-11-13-30-14-12-25/h5-10,15,19H,11-14,16H2,1-4H3,(H,24,27). The van der Waals surface area contributed by atoms with Gasteiger partial charge in [0.2, 0.25) is 15.9 Å². The molecule has 2 aromatic carbocycles. The summed E-state index contributed by atoms with van der Waals surface area (Å²) in [5, 5.41) is 2.88. The molecule has 0 bridgehead atoms. The van der Waals surface area contributed by atoms with E-state index in [-0.39, 0.29) is 5.91 Å². The van der Waals surface area contributed by atoms with E-state index in [2.05, 4.69) is 10.2 Å². The van der Waals surface area contributed by atoms with E-state index in [0.29, 0.717) is 12.2 Å². The summed E-state index contributed by atoms with van der Waals surface area (Å²) in [5.41, 5.74) is 4.34. The molecule has 0 spiro atoms. The minimum absolute atomic E-state index is 0.330. The van der Waals surface area contributed by atoms with Crippen LogP contribution in [0, 0.1) is 13.8 Å². The lowest BCUT2D eigenvalue weighted by atomic mass is 10.1. The zero-order chi connectivity index (χ0) is 22.6. The van der Waals surface area contributed by atoms with Crippen LogP contribution in [0.1, 0.15) is 23.6 Å². The molecule has 0 saturated carbocycles. The largest absolute Gasteiger partial charge is 0.378 e. The van der Waals surface area contributed by atoms with Gasteiger partial charge in [0.25, 0.3) is 0 Å². The van der Waals surface area contributed by atoms with Crippen molar-refractivity contribution in [1.29, 1.82) is 0 Å². The zero-order valence-electron chi connectivity index (χ0n) is 18.6. The Hall–Kier alpha value is -2.58. The zero-order valence-corrected chi connectivity index (χ0v) is 19.4. The van der Waals surface area contributed by atoms with Crippen molar-refractivity contribution < 1.29 is 17.9 Å². The molecule has 2 aromatic rings. The lowest BCUT2D eigenvalue weighted by Gasteiger charge is -2.30. The summed E-state index contributed by atoms with van der Waals surface area (Å²) in [6.45, 7) is 8.87. The van der Waals surface area contributed by atoms with Gasteiger partial charge in [0.1, 0.15) is 6.04 Å². The van der Waals surface area contributed by atoms with Crippen LogP contribution in [0.25, 0.3) is 0 Å². The molecule has 1 aliphatic heterocycles. The molecule has 0 radical (unpaired) electrons. The fourth-order valence-electron chi connectivity index (χ4n) is 3.72. The van der Waals surface area contributed by atoms with Gasteiger partial charge in [-0.15, -0.1) is 0 Å². The van der Waals surface area contributed by atoms with Crippen LogP contribution in [-0.4, -0.2) is 52.9 Å². The van der Waals surface area contributed by atoms with Gasteiger partial charge in [0.05, 0.1) is 25.2 Å². The molecule has 168 valence electrons. The molecule has 0 aliphatic carbocycles. The third kappa shape index (κ3) is 5.77. The predicted octanol–water partition coefficient (Wildman–Crippen LogP) is 2.61. The van der Waals surface area contributed by atoms with Crippen molar-refractivity contribution in [2.24, 2.45) is 0 Å². The van der Waals surface area contributed by atoms with E-state index in [1.165, 1.54) is 4.31 Å². The van der Waals surface area contributed by atoms with Crippen molar-refractivity contribution >= 4 is 27.3 Å². The first kappa shape index (κ1) is 23.1. The first-order chi connectivity index (χ1) is 14.7. The second kappa shape index (κ2) is 9.70. The normalized spacial score (nSPS) is 15.4. The number of amides is 1. The molecule has 1 heterocycles. The van der Waals surface area contributed by atoms with Gasteiger partial charge in [0.15, 0.2) is 0 Å². The molecule has 1 atom stereocenters. The van der Waals surface area contributed by atoms with Crippen LogP contribution < -0.4 is 14.5 Å². The van der Waals surface area contributed by atoms with Crippen LogP contribution in [0.3, 0.4) is 0 Å². The van der Waals surface area contributed by atoms with E-state index >= 15 is 0 Å². The van der Waals surface area contributed by atoms with Gasteiger partial charge in [-0.3, -0.25) is 9.10 Å². The Morgan fingerprint density at radius 2 is 1.77 bits per heavy atom. The van der Waals surface area contributed by atoms with Gasteiger partial charge < -0.3 is 15.0 Å². The van der Waals surface area contributed by atoms with E-state index in [4.69, 9.17) is 4.74 Å². The maximum atomic E-state index is 12.8. The van der Waals surface area contributed by atoms with Crippen LogP contribution in [0.5, 0.6) is 0 Å². The summed E-state index contributed by atoms with van der Waals surface area (Å²) >= 11 is 0. The minimum Gasteiger partial charge on any atom is -0.378 e. The number of carbonyl (C=O) groups is 1. The molecular formula is C23H31N3O4S. The Labute approximate surface area is 185 Å². The van der Waals surface area contributed by atoms with E-state index < -0.39 is 16.1 Å². The number of carbonyl (C=O) groups excluding carboxylic acids is 1. The summed E-state index contributed by atoms with van der Waals surface area (Å²) < 4.78 is 31.7. The molecular weight excluding hydrogens is 414 g/mol. The van der Waals surface area contributed by atoms with Crippen LogP contribution in [0.15, 0.2) is 42.5 Å². The van der Waals surface area contributed by atoms with Gasteiger partial charge in [0, 0.05) is 25.3 Å². The number of ether oxygens (including phenoxy) is 1. The van der Waals surface area contributed by atoms with Crippen molar-refractivity contribution in [2.45, 2.75) is 33.4 Å². The lowest BCUT2D eigenvalue weighted by molar-refractivity contribution is -0.122. The average molecular weight is 446 g/mol. The molecule has 1 unspecified atom stereocenters. The average Bonchev–Trinajstić information content (AvgIpc) is 2.74. The van der Waals surface area contributed by atoms with Gasteiger partial charge in [-0.2, -0.15) is 0 Å². The highest BCUT2D eigenvalue weighted by atomic mass is 32.2. The van der Waals surface area contributed by atoms with E-state index in [0.717, 1.165) is 54.9 Å². The fraction of sp³-hybridized carbons (Fsp3) is 0.435. The topological polar surface area (TPSA) is 79.0 Å². The summed E-state index contributed by atoms with van der Waals surface area (Å²) in [7, 11) is -3.65. The van der Waals surface area contributed by atoms with Crippen molar-refractivity contribution in [1.82, 2.24) is 5.32 Å². The van der Waals surface area contributed by atoms with E-state index in [1.807, 2.05) is 50.2 Å². The fourth-order valence-corrected chi connectivity index (χ4v) is 4.95. The molecule has 0 aromatic heterocycles. The second-order valence-corrected chi connectivity index (χ2v) is 9.87. The Kier molecular flexibility index (Phi) is 7.23. The number of morpholine rings is 1. The third-order valence-electron chi connectivity index (χ3n) is 5.47. The number of benzene rings is 2. The summed E-state index contributed by atoms with van der Waals surface area (Å²) in [6, 6.07) is 12.7. The van der Waals surface area contributed by atoms with Crippen molar-refractivity contribution in [2.75, 3.05) is 41.8 Å². The van der Waals surface area contributed by atoms with Crippen molar-refractivity contribution in [3.8, 4) is 0 Å². The number of nitrogens with zero attached hydrogens (tertiary/aromatic N) is 2. The highest BCUT2D eigenvalue weighted by Crippen LogP contribution is 2.26. The second-order valence-electron chi connectivity index (χ2n) is 8.01. The van der Waals surface area contributed by atoms with E-state index in [9.17, 15) is 13.2 Å². The molecule has 1 saturated heterocycles. The van der Waals surface area contributed by atoms with Crippen LogP contribution in [-0.2, 0) is 26.1 Å². The van der Waals surface area contributed by atoms with Crippen molar-refractivity contribution in [3.05, 3.63) is 59.2 Å². The number of rotatable bonds is 7. The third-order valence-corrected chi connectivity index (χ3v) is 6.70. The van der Waals surface area contributed by atoms with Crippen molar-refractivity contribution in [3.63, 3.8) is 0 Å². The molecule has 3 rings (SSSR count). The van der Waals surface area contributed by atoms with Crippen LogP contribution >= 0.6 is 0 Å². The van der Waals surface area contributed by atoms with Gasteiger partial charge in [-0.05, 0) is 55.7 Å². The molecule has 1 amide bonds. The monoisotopic (exact) mass is 445 g/mol. The van der Waals surface area contributed by atoms with Gasteiger partial charge >= 0.3 is 0 Å². The Bertz CT molecular complexity index is 1020. The Morgan fingerprint density at radius 3 is 2.39 bits per heavy atom. The highest BCUT2D eigenvalue weighted by molar-refractivity contribution is 7.92. The number of hydrogen-bond acceptors (Lipinski definition) is 5. The quantitative estimate of drug-likeness (QED) is 0.709. The highest BCUT2D eigenvalue weighted by Gasteiger charge is 2.30. The number of anilines is 2. The SMILES string of the molecule is Cc1ccc(C)c(N(C(C)C(=O)NCc2ccc(N3CCOCC3)cc2)S(C)(=O)=O)c1. The van der Waals surface area contributed by atoms with E-state index in [1.54, 1.807) is 13.0 Å². The number of hydrogen-bond donors (Lipinski definition) is 1. The first-order valence-electron chi connectivity index (χ1n) is 10.4. The predicted molar refractivity (Wildman–Crippen MR) is 124 cm³/mol. The molecule has 1 fully saturated rings. The summed E-state index contributed by atoms with van der Waals surface area (Å²) in [6.07, 6.45) is 1.13. The maximum Gasteiger partial charge on any atom is 0.243 e. The number of nitrogens with one attached hydrogen (secondary N) is 1. The minimum atomic E-state index is -3.65. The molecule has 31 heavy (non-hydrogen) atoms. The maximum absolute atomic E-state index is 12.8. The van der Waals surface area contributed by atoms with Crippen LogP contribution in [0.2, 0.25) is 0 Å². The van der Waals surface area contributed by atoms with Crippen LogP contribution in [0.4, 0.5) is 11.4 Å². The smallest absolute Gasteiger partial charge is 0.243 e. The van der Waals surface area contributed by atoms with Gasteiger partial charge in [-0.1, -0.05) is 24.3 Å². The molecule has 1 aliphatic rings. The Morgan fingerprint density at radius 1 is 1.13 bits per heavy atom. The Balaban J connectivity index is 1.69. The number of aryl methyl sites for hydroxylation is 2. The first-order valence-corrected chi connectivity index (χ1v) is 12.3. The summed E-state index contributed by atoms with van der Waals surface area (Å²) in [4.78, 5) is 15.1. The number of sulfonamides is 1.